The lowest BCUT2D eigenvalue weighted by atomic mass is 10.2. The zero-order valence-electron chi connectivity index (χ0n) is 29.9. The summed E-state index contributed by atoms with van der Waals surface area (Å²) in [7, 11) is 1.49. The largest absolute Gasteiger partial charge is 0.379 e. The Labute approximate surface area is 312 Å². The smallest absolute Gasteiger partial charge is 0.282 e. The summed E-state index contributed by atoms with van der Waals surface area (Å²) in [5, 5.41) is 5.81. The number of rotatable bonds is 28. The van der Waals surface area contributed by atoms with Crippen molar-refractivity contribution in [1.29, 1.82) is 0 Å². The molecule has 0 aliphatic heterocycles. The van der Waals surface area contributed by atoms with Crippen LogP contribution in [0.5, 0.6) is 0 Å². The third-order valence-corrected chi connectivity index (χ3v) is 8.85. The lowest BCUT2D eigenvalue weighted by Crippen LogP contribution is -2.48. The number of unbranched alkanes of at least 4 members (excludes halogenated alkanes) is 3. The molecule has 0 aliphatic rings. The Kier molecular flexibility index (Phi) is 20.6. The van der Waals surface area contributed by atoms with Crippen molar-refractivity contribution in [2.75, 3.05) is 90.0 Å². The molecule has 290 valence electrons. The maximum Gasteiger partial charge on any atom is 0.282 e. The molecule has 52 heavy (non-hydrogen) atoms. The van der Waals surface area contributed by atoms with Crippen LogP contribution in [0.15, 0.2) is 34.2 Å². The Hall–Kier alpha value is -3.32. The highest BCUT2D eigenvalue weighted by atomic mass is 35.5. The Morgan fingerprint density at radius 3 is 2.06 bits per heavy atom. The number of halogens is 2. The Morgan fingerprint density at radius 1 is 0.885 bits per heavy atom. The fourth-order valence-corrected chi connectivity index (χ4v) is 5.94. The minimum Gasteiger partial charge on any atom is -0.379 e. The average Bonchev–Trinajstić information content (AvgIpc) is 3.46. The fraction of sp³-hybridized carbons (Fsp3) is 0.618. The van der Waals surface area contributed by atoms with Crippen molar-refractivity contribution in [1.82, 2.24) is 29.7 Å². The number of hydrogen-bond donors (Lipinski definition) is 3. The lowest BCUT2D eigenvalue weighted by molar-refractivity contribution is -0.127. The van der Waals surface area contributed by atoms with E-state index in [0.29, 0.717) is 63.9 Å². The standard InChI is InChI=1S/C34H51ClFN7O8S/c1-25(44)39-28(24-52-34-40-29-30(41-33(37)42(2)32(29)46)43(34)23-26-7-9-27(36)10-8-26)31(45)38-12-14-48-16-18-50-20-22-51-21-19-49-17-15-47-13-6-4-3-5-11-35/h7-10,28H,3-6,11-24H2,1-2H3,(H2,37,41)(H,38,45)(H,39,44)/t28-/m0/s1. The van der Waals surface area contributed by atoms with E-state index >= 15 is 0 Å². The number of thioether (sulfide) groups is 1. The number of imidazole rings is 1. The zero-order valence-corrected chi connectivity index (χ0v) is 31.5. The van der Waals surface area contributed by atoms with Gasteiger partial charge >= 0.3 is 0 Å². The number of ether oxygens (including phenoxy) is 5. The van der Waals surface area contributed by atoms with Gasteiger partial charge in [0.05, 0.1) is 66.0 Å². The van der Waals surface area contributed by atoms with Crippen LogP contribution in [-0.4, -0.2) is 121 Å². The molecule has 0 bridgehead atoms. The molecule has 0 aliphatic carbocycles. The topological polar surface area (TPSA) is 183 Å². The van der Waals surface area contributed by atoms with Crippen molar-refractivity contribution < 1.29 is 37.7 Å². The SMILES string of the molecule is CC(=O)N[C@@H](CSc1nc2c(=O)n(C)c(N)nc2n1Cc1ccc(F)cc1)C(=O)NCCOCCOCCOCCOCCOCCCCCCCl. The molecule has 18 heteroatoms. The number of nitrogens with one attached hydrogen (secondary N) is 2. The summed E-state index contributed by atoms with van der Waals surface area (Å²) < 4.78 is 44.0. The Bertz CT molecular complexity index is 1560. The van der Waals surface area contributed by atoms with E-state index in [1.807, 2.05) is 0 Å². The van der Waals surface area contributed by atoms with E-state index in [-0.39, 0.29) is 54.3 Å². The maximum atomic E-state index is 13.5. The van der Waals surface area contributed by atoms with E-state index in [1.54, 1.807) is 16.7 Å². The van der Waals surface area contributed by atoms with Crippen molar-refractivity contribution in [2.24, 2.45) is 7.05 Å². The number of carbonyl (C=O) groups excluding carboxylic acids is 2. The first-order chi connectivity index (χ1) is 25.2. The van der Waals surface area contributed by atoms with Crippen LogP contribution < -0.4 is 21.9 Å². The molecular formula is C34H51ClFN7O8S. The van der Waals surface area contributed by atoms with Gasteiger partial charge in [-0.3, -0.25) is 23.5 Å². The predicted octanol–water partition coefficient (Wildman–Crippen LogP) is 2.49. The second kappa shape index (κ2) is 24.8. The monoisotopic (exact) mass is 771 g/mol. The van der Waals surface area contributed by atoms with Gasteiger partial charge in [0, 0.05) is 38.8 Å². The highest BCUT2D eigenvalue weighted by molar-refractivity contribution is 7.99. The van der Waals surface area contributed by atoms with Crippen LogP contribution in [0.25, 0.3) is 11.2 Å². The van der Waals surface area contributed by atoms with Crippen molar-refractivity contribution in [3.63, 3.8) is 0 Å². The van der Waals surface area contributed by atoms with Gasteiger partial charge in [-0.1, -0.05) is 36.7 Å². The fourth-order valence-electron chi connectivity index (χ4n) is 4.74. The molecule has 0 radical (unpaired) electrons. The summed E-state index contributed by atoms with van der Waals surface area (Å²) in [6.07, 6.45) is 4.37. The number of benzene rings is 1. The maximum absolute atomic E-state index is 13.5. The van der Waals surface area contributed by atoms with E-state index in [4.69, 9.17) is 41.0 Å². The van der Waals surface area contributed by atoms with Crippen LogP contribution in [0.1, 0.15) is 38.2 Å². The molecular weight excluding hydrogens is 721 g/mol. The minimum atomic E-state index is -0.911. The van der Waals surface area contributed by atoms with Gasteiger partial charge in [0.2, 0.25) is 17.8 Å². The van der Waals surface area contributed by atoms with Gasteiger partial charge < -0.3 is 40.1 Å². The number of alkyl halides is 1. The van der Waals surface area contributed by atoms with Crippen LogP contribution >= 0.6 is 23.4 Å². The third kappa shape index (κ3) is 15.7. The second-order valence-electron chi connectivity index (χ2n) is 11.6. The highest BCUT2D eigenvalue weighted by Gasteiger charge is 2.23. The lowest BCUT2D eigenvalue weighted by Gasteiger charge is -2.17. The van der Waals surface area contributed by atoms with Gasteiger partial charge in [-0.15, -0.1) is 11.6 Å². The molecule has 3 rings (SSSR count). The van der Waals surface area contributed by atoms with Crippen LogP contribution in [0.2, 0.25) is 0 Å². The van der Waals surface area contributed by atoms with Crippen LogP contribution in [0, 0.1) is 5.82 Å². The van der Waals surface area contributed by atoms with Gasteiger partial charge in [-0.2, -0.15) is 4.98 Å². The van der Waals surface area contributed by atoms with Gasteiger partial charge in [0.1, 0.15) is 11.9 Å². The molecule has 1 atom stereocenters. The zero-order chi connectivity index (χ0) is 37.6. The molecule has 3 aromatic rings. The highest BCUT2D eigenvalue weighted by Crippen LogP contribution is 2.24. The predicted molar refractivity (Wildman–Crippen MR) is 197 cm³/mol. The second-order valence-corrected chi connectivity index (χ2v) is 13.0. The Balaban J connectivity index is 1.32. The van der Waals surface area contributed by atoms with E-state index < -0.39 is 17.5 Å². The third-order valence-electron chi connectivity index (χ3n) is 7.51. The van der Waals surface area contributed by atoms with E-state index in [9.17, 15) is 18.8 Å². The molecule has 0 spiro atoms. The van der Waals surface area contributed by atoms with E-state index in [2.05, 4.69) is 20.6 Å². The molecule has 0 saturated carbocycles. The summed E-state index contributed by atoms with van der Waals surface area (Å²) >= 11 is 6.82. The first-order valence-electron chi connectivity index (χ1n) is 17.3. The van der Waals surface area contributed by atoms with Crippen molar-refractivity contribution in [3.05, 3.63) is 46.0 Å². The van der Waals surface area contributed by atoms with Crippen LogP contribution in [-0.2, 0) is 46.9 Å². The molecule has 0 fully saturated rings. The van der Waals surface area contributed by atoms with E-state index in [0.717, 1.165) is 49.6 Å². The number of nitrogens with zero attached hydrogens (tertiary/aromatic N) is 4. The summed E-state index contributed by atoms with van der Waals surface area (Å²) in [6, 6.07) is 4.98. The first kappa shape index (κ1) is 43.1. The number of nitrogens with two attached hydrogens (primary N) is 1. The minimum absolute atomic E-state index is 0.00230. The number of carbonyl (C=O) groups is 2. The average molecular weight is 772 g/mol. The van der Waals surface area contributed by atoms with Crippen LogP contribution in [0.3, 0.4) is 0 Å². The summed E-state index contributed by atoms with van der Waals surface area (Å²) in [6.45, 7) is 6.34. The molecule has 0 unspecified atom stereocenters. The number of aromatic nitrogens is 4. The van der Waals surface area contributed by atoms with Gasteiger partial charge in [-0.05, 0) is 30.5 Å². The van der Waals surface area contributed by atoms with Crippen molar-refractivity contribution >= 4 is 52.3 Å². The molecule has 1 aromatic carbocycles. The van der Waals surface area contributed by atoms with Gasteiger partial charge in [-0.25, -0.2) is 9.37 Å². The quantitative estimate of drug-likeness (QED) is 0.0558. The number of anilines is 1. The molecule has 2 aromatic heterocycles. The summed E-state index contributed by atoms with van der Waals surface area (Å²) in [4.78, 5) is 46.8. The molecule has 0 saturated heterocycles. The van der Waals surface area contributed by atoms with E-state index in [1.165, 1.54) is 30.7 Å². The molecule has 4 N–H and O–H groups in total. The first-order valence-corrected chi connectivity index (χ1v) is 18.8. The molecule has 15 nitrogen and oxygen atoms in total. The number of amides is 2. The van der Waals surface area contributed by atoms with Crippen LogP contribution in [0.4, 0.5) is 10.3 Å². The van der Waals surface area contributed by atoms with Crippen molar-refractivity contribution in [3.8, 4) is 0 Å². The normalized spacial score (nSPS) is 12.0. The number of fused-ring (bicyclic) bond motifs is 1. The Morgan fingerprint density at radius 2 is 1.46 bits per heavy atom. The molecule has 2 heterocycles. The number of hydrogen-bond acceptors (Lipinski definition) is 12. The van der Waals surface area contributed by atoms with Gasteiger partial charge in [0.15, 0.2) is 16.3 Å². The summed E-state index contributed by atoms with van der Waals surface area (Å²) in [5.41, 5.74) is 6.61. The molecule has 2 amide bonds. The number of nitrogen functional groups attached to an aromatic ring is 1. The summed E-state index contributed by atoms with van der Waals surface area (Å²) in [5.74, 6) is -0.369. The van der Waals surface area contributed by atoms with Crippen molar-refractivity contribution in [2.45, 2.75) is 50.4 Å². The van der Waals surface area contributed by atoms with Gasteiger partial charge in [0.25, 0.3) is 5.56 Å².